The molecule has 0 saturated carbocycles. The van der Waals surface area contributed by atoms with Gasteiger partial charge in [0.25, 0.3) is 5.91 Å². The highest BCUT2D eigenvalue weighted by atomic mass is 19.1. The number of benzene rings is 1. The fourth-order valence-electron chi connectivity index (χ4n) is 3.38. The molecule has 7 heteroatoms. The smallest absolute Gasteiger partial charge is 0.257 e. The van der Waals surface area contributed by atoms with E-state index >= 15 is 0 Å². The van der Waals surface area contributed by atoms with E-state index in [1.165, 1.54) is 11.3 Å². The van der Waals surface area contributed by atoms with Crippen LogP contribution in [-0.4, -0.2) is 72.3 Å². The standard InChI is InChI=1S/C18H23F2N3O2/c19-14-4-5-16(20)15(12-14)18(25)23-10-8-21(9-11-23)13-17(24)22-6-2-1-3-7-22/h4-5,12H,1-3,6-11,13H2. The Kier molecular flexibility index (Phi) is 5.63. The number of carbonyl (C=O) groups is 2. The first-order valence-corrected chi connectivity index (χ1v) is 8.79. The molecule has 2 heterocycles. The second-order valence-electron chi connectivity index (χ2n) is 6.63. The zero-order chi connectivity index (χ0) is 17.8. The maximum absolute atomic E-state index is 13.8. The Bertz CT molecular complexity index is 639. The maximum atomic E-state index is 13.8. The van der Waals surface area contributed by atoms with E-state index in [4.69, 9.17) is 0 Å². The number of piperidine rings is 1. The van der Waals surface area contributed by atoms with E-state index < -0.39 is 17.5 Å². The molecule has 0 aromatic heterocycles. The topological polar surface area (TPSA) is 43.9 Å². The lowest BCUT2D eigenvalue weighted by Gasteiger charge is -2.36. The number of carbonyl (C=O) groups excluding carboxylic acids is 2. The molecule has 0 atom stereocenters. The molecule has 2 amide bonds. The Balaban J connectivity index is 1.52. The molecule has 0 spiro atoms. The molecule has 1 aromatic rings. The lowest BCUT2D eigenvalue weighted by molar-refractivity contribution is -0.133. The Labute approximate surface area is 146 Å². The van der Waals surface area contributed by atoms with Gasteiger partial charge in [0.15, 0.2) is 0 Å². The molecular weight excluding hydrogens is 328 g/mol. The van der Waals surface area contributed by atoms with Crippen LogP contribution in [0.3, 0.4) is 0 Å². The predicted octanol–water partition coefficient (Wildman–Crippen LogP) is 1.74. The number of amides is 2. The molecule has 0 aliphatic carbocycles. The molecule has 136 valence electrons. The van der Waals surface area contributed by atoms with E-state index in [1.807, 2.05) is 9.80 Å². The van der Waals surface area contributed by atoms with Gasteiger partial charge >= 0.3 is 0 Å². The van der Waals surface area contributed by atoms with Crippen LogP contribution in [-0.2, 0) is 4.79 Å². The minimum absolute atomic E-state index is 0.135. The van der Waals surface area contributed by atoms with Gasteiger partial charge < -0.3 is 9.80 Å². The highest BCUT2D eigenvalue weighted by Gasteiger charge is 2.26. The van der Waals surface area contributed by atoms with Gasteiger partial charge in [-0.15, -0.1) is 0 Å². The molecule has 3 rings (SSSR count). The van der Waals surface area contributed by atoms with Gasteiger partial charge in [-0.05, 0) is 37.5 Å². The molecule has 0 radical (unpaired) electrons. The van der Waals surface area contributed by atoms with Gasteiger partial charge in [0.1, 0.15) is 11.6 Å². The summed E-state index contributed by atoms with van der Waals surface area (Å²) in [6.45, 7) is 3.94. The Hall–Kier alpha value is -2.02. The third kappa shape index (κ3) is 4.34. The van der Waals surface area contributed by atoms with Crippen molar-refractivity contribution in [2.45, 2.75) is 19.3 Å². The average Bonchev–Trinajstić information content (AvgIpc) is 2.64. The lowest BCUT2D eigenvalue weighted by Crippen LogP contribution is -2.52. The summed E-state index contributed by atoms with van der Waals surface area (Å²) in [7, 11) is 0. The zero-order valence-corrected chi connectivity index (χ0v) is 14.2. The van der Waals surface area contributed by atoms with E-state index in [1.54, 1.807) is 0 Å². The molecule has 5 nitrogen and oxygen atoms in total. The van der Waals surface area contributed by atoms with Crippen LogP contribution in [0.4, 0.5) is 8.78 Å². The van der Waals surface area contributed by atoms with Crippen LogP contribution in [0.1, 0.15) is 29.6 Å². The fraction of sp³-hybridized carbons (Fsp3) is 0.556. The Morgan fingerprint density at radius 1 is 0.880 bits per heavy atom. The Morgan fingerprint density at radius 3 is 2.24 bits per heavy atom. The molecule has 2 fully saturated rings. The van der Waals surface area contributed by atoms with Crippen molar-refractivity contribution < 1.29 is 18.4 Å². The van der Waals surface area contributed by atoms with Crippen molar-refractivity contribution in [3.05, 3.63) is 35.4 Å². The number of halogens is 2. The largest absolute Gasteiger partial charge is 0.342 e. The number of hydrogen-bond acceptors (Lipinski definition) is 3. The first-order chi connectivity index (χ1) is 12.0. The summed E-state index contributed by atoms with van der Waals surface area (Å²) in [4.78, 5) is 30.1. The molecule has 0 N–H and O–H groups in total. The van der Waals surface area contributed by atoms with Crippen LogP contribution in [0.15, 0.2) is 18.2 Å². The van der Waals surface area contributed by atoms with Gasteiger partial charge in [-0.3, -0.25) is 14.5 Å². The molecule has 25 heavy (non-hydrogen) atoms. The monoisotopic (exact) mass is 351 g/mol. The SMILES string of the molecule is O=C(CN1CCN(C(=O)c2cc(F)ccc2F)CC1)N1CCCCC1. The summed E-state index contributed by atoms with van der Waals surface area (Å²) in [5, 5.41) is 0. The van der Waals surface area contributed by atoms with Gasteiger partial charge in [0.2, 0.25) is 5.91 Å². The van der Waals surface area contributed by atoms with Gasteiger partial charge in [-0.1, -0.05) is 0 Å². The zero-order valence-electron chi connectivity index (χ0n) is 14.2. The first-order valence-electron chi connectivity index (χ1n) is 8.79. The number of likely N-dealkylation sites (tertiary alicyclic amines) is 1. The van der Waals surface area contributed by atoms with Crippen molar-refractivity contribution >= 4 is 11.8 Å². The fourth-order valence-corrected chi connectivity index (χ4v) is 3.38. The van der Waals surface area contributed by atoms with Crippen molar-refractivity contribution in [1.82, 2.24) is 14.7 Å². The summed E-state index contributed by atoms with van der Waals surface area (Å²) < 4.78 is 27.0. The molecule has 2 aliphatic rings. The van der Waals surface area contributed by atoms with Crippen molar-refractivity contribution in [3.8, 4) is 0 Å². The summed E-state index contributed by atoms with van der Waals surface area (Å²) in [6.07, 6.45) is 3.31. The summed E-state index contributed by atoms with van der Waals surface area (Å²) >= 11 is 0. The van der Waals surface area contributed by atoms with E-state index in [9.17, 15) is 18.4 Å². The highest BCUT2D eigenvalue weighted by molar-refractivity contribution is 5.94. The third-order valence-corrected chi connectivity index (χ3v) is 4.89. The van der Waals surface area contributed by atoms with Crippen LogP contribution in [0.5, 0.6) is 0 Å². The molecule has 2 saturated heterocycles. The number of rotatable bonds is 3. The van der Waals surface area contributed by atoms with Crippen LogP contribution >= 0.6 is 0 Å². The van der Waals surface area contributed by atoms with Crippen LogP contribution in [0, 0.1) is 11.6 Å². The van der Waals surface area contributed by atoms with Gasteiger partial charge in [-0.25, -0.2) is 8.78 Å². The molecule has 1 aromatic carbocycles. The quantitative estimate of drug-likeness (QED) is 0.833. The third-order valence-electron chi connectivity index (χ3n) is 4.89. The van der Waals surface area contributed by atoms with Gasteiger partial charge in [-0.2, -0.15) is 0 Å². The average molecular weight is 351 g/mol. The maximum Gasteiger partial charge on any atom is 0.257 e. The molecule has 2 aliphatic heterocycles. The molecular formula is C18H23F2N3O2. The predicted molar refractivity (Wildman–Crippen MR) is 89.1 cm³/mol. The number of nitrogens with zero attached hydrogens (tertiary/aromatic N) is 3. The van der Waals surface area contributed by atoms with E-state index in [0.29, 0.717) is 32.7 Å². The second kappa shape index (κ2) is 7.91. The summed E-state index contributed by atoms with van der Waals surface area (Å²) in [5.41, 5.74) is -0.238. The minimum Gasteiger partial charge on any atom is -0.342 e. The normalized spacial score (nSPS) is 19.1. The van der Waals surface area contributed by atoms with Crippen LogP contribution < -0.4 is 0 Å². The van der Waals surface area contributed by atoms with Crippen LogP contribution in [0.2, 0.25) is 0 Å². The minimum atomic E-state index is -0.714. The number of hydrogen-bond donors (Lipinski definition) is 0. The Morgan fingerprint density at radius 2 is 1.56 bits per heavy atom. The van der Waals surface area contributed by atoms with E-state index in [-0.39, 0.29) is 11.5 Å². The van der Waals surface area contributed by atoms with Gasteiger partial charge in [0, 0.05) is 39.3 Å². The second-order valence-corrected chi connectivity index (χ2v) is 6.63. The summed E-state index contributed by atoms with van der Waals surface area (Å²) in [6, 6.07) is 2.90. The van der Waals surface area contributed by atoms with E-state index in [2.05, 4.69) is 0 Å². The van der Waals surface area contributed by atoms with Crippen molar-refractivity contribution in [3.63, 3.8) is 0 Å². The van der Waals surface area contributed by atoms with Crippen molar-refractivity contribution in [1.29, 1.82) is 0 Å². The molecule has 0 unspecified atom stereocenters. The number of piperazine rings is 1. The van der Waals surface area contributed by atoms with Crippen molar-refractivity contribution in [2.24, 2.45) is 0 Å². The molecule has 0 bridgehead atoms. The van der Waals surface area contributed by atoms with E-state index in [0.717, 1.165) is 44.1 Å². The van der Waals surface area contributed by atoms with Gasteiger partial charge in [0.05, 0.1) is 12.1 Å². The summed E-state index contributed by atoms with van der Waals surface area (Å²) in [5.74, 6) is -1.71. The first kappa shape index (κ1) is 17.8. The van der Waals surface area contributed by atoms with Crippen LogP contribution in [0.25, 0.3) is 0 Å². The highest BCUT2D eigenvalue weighted by Crippen LogP contribution is 2.15. The lowest BCUT2D eigenvalue weighted by atomic mass is 10.1. The van der Waals surface area contributed by atoms with Crippen molar-refractivity contribution in [2.75, 3.05) is 45.8 Å².